The molecule has 0 aliphatic carbocycles. The van der Waals surface area contributed by atoms with Crippen LogP contribution in [0.5, 0.6) is 0 Å². The first-order valence-corrected chi connectivity index (χ1v) is 3.24. The van der Waals surface area contributed by atoms with Crippen molar-refractivity contribution in [3.63, 3.8) is 0 Å². The van der Waals surface area contributed by atoms with Crippen LogP contribution in [-0.4, -0.2) is 15.8 Å². The summed E-state index contributed by atoms with van der Waals surface area (Å²) in [4.78, 5) is 10.3. The van der Waals surface area contributed by atoms with E-state index in [2.05, 4.69) is 0 Å². The third-order valence-corrected chi connectivity index (χ3v) is 1.45. The van der Waals surface area contributed by atoms with Gasteiger partial charge in [0, 0.05) is 11.9 Å². The lowest BCUT2D eigenvalue weighted by Crippen LogP contribution is -2.08. The second-order valence-corrected chi connectivity index (χ2v) is 2.05. The third-order valence-electron chi connectivity index (χ3n) is 1.18. The number of hydrogen-bond acceptors (Lipinski definition) is 1. The van der Waals surface area contributed by atoms with E-state index in [1.807, 2.05) is 0 Å². The van der Waals surface area contributed by atoms with Crippen molar-refractivity contribution in [3.05, 3.63) is 24.0 Å². The lowest BCUT2D eigenvalue weighted by atomic mass is 10.5. The molecule has 0 aliphatic heterocycles. The minimum atomic E-state index is -0.999. The fraction of sp³-hybridized carbons (Fsp3) is 0.167. The normalized spacial score (nSPS) is 9.70. The first-order chi connectivity index (χ1) is 4.75. The van der Waals surface area contributed by atoms with Crippen LogP contribution in [0.2, 0.25) is 0 Å². The molecule has 4 heteroatoms. The Morgan fingerprint density at radius 2 is 2.50 bits per heavy atom. The number of halogens is 1. The van der Waals surface area contributed by atoms with E-state index < -0.39 is 6.09 Å². The molecule has 0 aliphatic rings. The van der Waals surface area contributed by atoms with Gasteiger partial charge in [-0.25, -0.2) is 4.79 Å². The van der Waals surface area contributed by atoms with Crippen molar-refractivity contribution < 1.29 is 9.90 Å². The third kappa shape index (κ3) is 1.14. The zero-order chi connectivity index (χ0) is 7.56. The number of hydrogen-bond donors (Lipinski definition) is 1. The maximum absolute atomic E-state index is 10.3. The van der Waals surface area contributed by atoms with Crippen molar-refractivity contribution in [1.82, 2.24) is 4.57 Å². The SMILES string of the molecule is O=C(O)n1cccc1CCl. The highest BCUT2D eigenvalue weighted by atomic mass is 35.5. The average molecular weight is 160 g/mol. The maximum Gasteiger partial charge on any atom is 0.415 e. The van der Waals surface area contributed by atoms with Crippen LogP contribution in [0.25, 0.3) is 0 Å². The van der Waals surface area contributed by atoms with Crippen molar-refractivity contribution in [2.75, 3.05) is 0 Å². The van der Waals surface area contributed by atoms with E-state index in [0.29, 0.717) is 5.69 Å². The summed E-state index contributed by atoms with van der Waals surface area (Å²) < 4.78 is 1.09. The number of aromatic nitrogens is 1. The van der Waals surface area contributed by atoms with Crippen molar-refractivity contribution in [2.24, 2.45) is 0 Å². The second kappa shape index (κ2) is 2.75. The summed E-state index contributed by atoms with van der Waals surface area (Å²) in [5.41, 5.74) is 0.592. The lowest BCUT2D eigenvalue weighted by Gasteiger charge is -1.97. The van der Waals surface area contributed by atoms with Crippen molar-refractivity contribution in [1.29, 1.82) is 0 Å². The smallest absolute Gasteiger partial charge is 0.415 e. The standard InChI is InChI=1S/C6H6ClNO2/c7-4-5-2-1-3-8(5)6(9)10/h1-3H,4H2,(H,9,10). The molecular formula is C6H6ClNO2. The lowest BCUT2D eigenvalue weighted by molar-refractivity contribution is 0.196. The summed E-state index contributed by atoms with van der Waals surface area (Å²) in [5, 5.41) is 8.49. The Morgan fingerprint density at radius 1 is 1.80 bits per heavy atom. The molecule has 10 heavy (non-hydrogen) atoms. The van der Waals surface area contributed by atoms with Gasteiger partial charge in [-0.05, 0) is 12.1 Å². The molecule has 0 saturated heterocycles. The van der Waals surface area contributed by atoms with Crippen molar-refractivity contribution >= 4 is 17.7 Å². The monoisotopic (exact) mass is 159 g/mol. The molecule has 1 heterocycles. The first-order valence-electron chi connectivity index (χ1n) is 2.71. The largest absolute Gasteiger partial charge is 0.464 e. The fourth-order valence-electron chi connectivity index (χ4n) is 0.712. The second-order valence-electron chi connectivity index (χ2n) is 1.79. The molecule has 0 fully saturated rings. The molecule has 3 nitrogen and oxygen atoms in total. The molecule has 54 valence electrons. The van der Waals surface area contributed by atoms with Crippen LogP contribution in [0, 0.1) is 0 Å². The molecular weight excluding hydrogens is 154 g/mol. The molecule has 0 unspecified atom stereocenters. The zero-order valence-electron chi connectivity index (χ0n) is 5.12. The Hall–Kier alpha value is -0.960. The van der Waals surface area contributed by atoms with E-state index >= 15 is 0 Å². The van der Waals surface area contributed by atoms with E-state index in [0.717, 1.165) is 4.57 Å². The molecule has 0 amide bonds. The maximum atomic E-state index is 10.3. The van der Waals surface area contributed by atoms with E-state index in [1.165, 1.54) is 6.20 Å². The van der Waals surface area contributed by atoms with E-state index in [1.54, 1.807) is 12.1 Å². The number of carbonyl (C=O) groups is 1. The van der Waals surface area contributed by atoms with Gasteiger partial charge in [-0.3, -0.25) is 4.57 Å². The van der Waals surface area contributed by atoms with Gasteiger partial charge in [0.2, 0.25) is 0 Å². The molecule has 0 aromatic carbocycles. The molecule has 0 saturated carbocycles. The Bertz CT molecular complexity index is 244. The van der Waals surface area contributed by atoms with Gasteiger partial charge in [0.1, 0.15) is 0 Å². The number of alkyl halides is 1. The van der Waals surface area contributed by atoms with E-state index in [9.17, 15) is 4.79 Å². The topological polar surface area (TPSA) is 42.2 Å². The van der Waals surface area contributed by atoms with Crippen LogP contribution in [-0.2, 0) is 5.88 Å². The van der Waals surface area contributed by atoms with Crippen LogP contribution in [0.15, 0.2) is 18.3 Å². The van der Waals surface area contributed by atoms with Gasteiger partial charge >= 0.3 is 6.09 Å². The molecule has 1 aromatic heterocycles. The van der Waals surface area contributed by atoms with Gasteiger partial charge in [-0.15, -0.1) is 11.6 Å². The Kier molecular flexibility index (Phi) is 1.97. The molecule has 0 bridgehead atoms. The highest BCUT2D eigenvalue weighted by Crippen LogP contribution is 2.04. The van der Waals surface area contributed by atoms with Crippen molar-refractivity contribution in [2.45, 2.75) is 5.88 Å². The predicted octanol–water partition coefficient (Wildman–Crippen LogP) is 1.75. The molecule has 0 spiro atoms. The number of carboxylic acid groups (broad SMARTS) is 1. The number of rotatable bonds is 1. The summed E-state index contributed by atoms with van der Waals surface area (Å²) >= 11 is 5.43. The van der Waals surface area contributed by atoms with Gasteiger partial charge < -0.3 is 5.11 Å². The van der Waals surface area contributed by atoms with Crippen molar-refractivity contribution in [3.8, 4) is 0 Å². The minimum absolute atomic E-state index is 0.222. The van der Waals surface area contributed by atoms with Crippen LogP contribution in [0.1, 0.15) is 5.69 Å². The molecule has 0 radical (unpaired) electrons. The summed E-state index contributed by atoms with van der Waals surface area (Å²) in [6, 6.07) is 3.31. The van der Waals surface area contributed by atoms with Crippen LogP contribution >= 0.6 is 11.6 Å². The van der Waals surface area contributed by atoms with Gasteiger partial charge in [-0.2, -0.15) is 0 Å². The molecule has 0 atom stereocenters. The molecule has 1 N–H and O–H groups in total. The quantitative estimate of drug-likeness (QED) is 0.635. The van der Waals surface area contributed by atoms with Crippen LogP contribution < -0.4 is 0 Å². The summed E-state index contributed by atoms with van der Waals surface area (Å²) in [5.74, 6) is 0.222. The highest BCUT2D eigenvalue weighted by Gasteiger charge is 2.03. The Balaban J connectivity index is 3.01. The van der Waals surface area contributed by atoms with Gasteiger partial charge in [-0.1, -0.05) is 0 Å². The summed E-state index contributed by atoms with van der Waals surface area (Å²) in [7, 11) is 0. The zero-order valence-corrected chi connectivity index (χ0v) is 5.88. The van der Waals surface area contributed by atoms with Gasteiger partial charge in [0.15, 0.2) is 0 Å². The Morgan fingerprint density at radius 3 is 2.90 bits per heavy atom. The number of nitrogens with zero attached hydrogens (tertiary/aromatic N) is 1. The Labute approximate surface area is 62.8 Å². The summed E-state index contributed by atoms with van der Waals surface area (Å²) in [6.07, 6.45) is 0.459. The predicted molar refractivity (Wildman–Crippen MR) is 37.4 cm³/mol. The minimum Gasteiger partial charge on any atom is -0.464 e. The van der Waals surface area contributed by atoms with Crippen LogP contribution in [0.3, 0.4) is 0 Å². The fourth-order valence-corrected chi connectivity index (χ4v) is 0.930. The molecule has 1 rings (SSSR count). The van der Waals surface area contributed by atoms with E-state index in [-0.39, 0.29) is 5.88 Å². The highest BCUT2D eigenvalue weighted by molar-refractivity contribution is 6.17. The first kappa shape index (κ1) is 7.15. The van der Waals surface area contributed by atoms with Gasteiger partial charge in [0.25, 0.3) is 0 Å². The van der Waals surface area contributed by atoms with Crippen LogP contribution in [0.4, 0.5) is 4.79 Å². The summed E-state index contributed by atoms with van der Waals surface area (Å²) in [6.45, 7) is 0. The van der Waals surface area contributed by atoms with Gasteiger partial charge in [0.05, 0.1) is 5.88 Å². The van der Waals surface area contributed by atoms with E-state index in [4.69, 9.17) is 16.7 Å². The molecule has 1 aromatic rings. The average Bonchev–Trinajstić information content (AvgIpc) is 2.33.